The Morgan fingerprint density at radius 2 is 1.68 bits per heavy atom. The van der Waals surface area contributed by atoms with Gasteiger partial charge in [-0.15, -0.1) is 0 Å². The first-order valence-electron chi connectivity index (χ1n) is 16.2. The largest absolute Gasteiger partial charge is 0.354 e. The van der Waals surface area contributed by atoms with Crippen LogP contribution >= 0.6 is 0 Å². The Balaban J connectivity index is 1.64. The highest BCUT2D eigenvalue weighted by Gasteiger charge is 2.37. The molecule has 0 bridgehead atoms. The van der Waals surface area contributed by atoms with Gasteiger partial charge in [0.05, 0.1) is 24.2 Å². The lowest BCUT2D eigenvalue weighted by Gasteiger charge is -2.32. The summed E-state index contributed by atoms with van der Waals surface area (Å²) >= 11 is 0. The van der Waals surface area contributed by atoms with Gasteiger partial charge in [-0.3, -0.25) is 14.4 Å². The van der Waals surface area contributed by atoms with Crippen molar-refractivity contribution in [1.82, 2.24) is 20.9 Å². The number of amides is 3. The maximum Gasteiger partial charge on any atom is 0.265 e. The number of hydrogen-bond donors (Lipinski definition) is 3. The van der Waals surface area contributed by atoms with E-state index in [0.717, 1.165) is 10.5 Å². The minimum atomic E-state index is -2.99. The lowest BCUT2D eigenvalue weighted by molar-refractivity contribution is -0.123. The van der Waals surface area contributed by atoms with E-state index in [1.165, 1.54) is 6.07 Å². The number of nitrogens with one attached hydrogen (secondary N) is 3. The van der Waals surface area contributed by atoms with E-state index < -0.39 is 36.4 Å². The number of nitriles is 1. The molecule has 1 heterocycles. The summed E-state index contributed by atoms with van der Waals surface area (Å²) in [5.41, 5.74) is 2.54. The van der Waals surface area contributed by atoms with Crippen LogP contribution in [-0.2, 0) is 11.2 Å². The van der Waals surface area contributed by atoms with Crippen LogP contribution in [0.15, 0.2) is 72.8 Å². The Morgan fingerprint density at radius 3 is 2.36 bits per heavy atom. The van der Waals surface area contributed by atoms with Gasteiger partial charge < -0.3 is 20.9 Å². The third-order valence-corrected chi connectivity index (χ3v) is 8.16. The molecule has 10 heteroatoms. The molecule has 3 amide bonds. The van der Waals surface area contributed by atoms with Crippen molar-refractivity contribution < 1.29 is 23.2 Å². The number of carbonyl (C=O) groups is 3. The fraction of sp³-hybridized carbons (Fsp3) is 0.405. The monoisotopic (exact) mass is 643 g/mol. The molecule has 0 saturated carbocycles. The number of alkyl halides is 2. The summed E-state index contributed by atoms with van der Waals surface area (Å²) in [6, 6.07) is 22.3. The lowest BCUT2D eigenvalue weighted by atomic mass is 9.95. The van der Waals surface area contributed by atoms with Gasteiger partial charge in [-0.2, -0.15) is 5.26 Å². The number of halogens is 2. The molecule has 3 N–H and O–H groups in total. The fourth-order valence-electron chi connectivity index (χ4n) is 5.67. The number of benzene rings is 3. The van der Waals surface area contributed by atoms with Crippen molar-refractivity contribution in [3.8, 4) is 17.2 Å². The van der Waals surface area contributed by atoms with Crippen molar-refractivity contribution >= 4 is 17.7 Å². The van der Waals surface area contributed by atoms with Gasteiger partial charge in [-0.1, -0.05) is 69.3 Å². The van der Waals surface area contributed by atoms with E-state index in [2.05, 4.69) is 22.0 Å². The second-order valence-corrected chi connectivity index (χ2v) is 12.5. The second-order valence-electron chi connectivity index (χ2n) is 12.5. The van der Waals surface area contributed by atoms with Crippen LogP contribution in [0.4, 0.5) is 8.78 Å². The molecule has 3 aromatic carbocycles. The topological polar surface area (TPSA) is 114 Å². The number of carbonyl (C=O) groups excluding carboxylic acids is 3. The van der Waals surface area contributed by atoms with Gasteiger partial charge in [0.1, 0.15) is 0 Å². The maximum absolute atomic E-state index is 14.3. The van der Waals surface area contributed by atoms with Gasteiger partial charge in [0.15, 0.2) is 0 Å². The maximum atomic E-state index is 14.3. The van der Waals surface area contributed by atoms with Crippen molar-refractivity contribution in [3.63, 3.8) is 0 Å². The van der Waals surface area contributed by atoms with Crippen LogP contribution in [0.25, 0.3) is 11.1 Å². The smallest absolute Gasteiger partial charge is 0.265 e. The molecule has 4 rings (SSSR count). The number of rotatable bonds is 13. The first-order valence-corrected chi connectivity index (χ1v) is 16.2. The van der Waals surface area contributed by atoms with Gasteiger partial charge in [-0.05, 0) is 66.1 Å². The van der Waals surface area contributed by atoms with E-state index in [-0.39, 0.29) is 36.4 Å². The zero-order valence-corrected chi connectivity index (χ0v) is 27.2. The van der Waals surface area contributed by atoms with Crippen LogP contribution in [0.1, 0.15) is 71.9 Å². The number of piperidine rings is 1. The Labute approximate surface area is 275 Å². The van der Waals surface area contributed by atoms with Crippen molar-refractivity contribution in [2.24, 2.45) is 5.92 Å². The van der Waals surface area contributed by atoms with Crippen LogP contribution in [0.5, 0.6) is 0 Å². The van der Waals surface area contributed by atoms with Crippen LogP contribution in [-0.4, -0.2) is 66.8 Å². The first-order chi connectivity index (χ1) is 22.5. The van der Waals surface area contributed by atoms with Crippen molar-refractivity contribution in [3.05, 3.63) is 95.1 Å². The SMILES string of the molecule is CC[C@H](NC[C@H](Cc1ccccc1)NC(=O)c1cc(C(=O)N2CCCC(F)(F)C2)cc(-c2ccccc2C#N)c1)C(=O)NCC(C)C. The average molecular weight is 644 g/mol. The molecule has 0 radical (unpaired) electrons. The van der Waals surface area contributed by atoms with E-state index in [9.17, 15) is 28.4 Å². The van der Waals surface area contributed by atoms with Crippen molar-refractivity contribution in [2.75, 3.05) is 26.2 Å². The third kappa shape index (κ3) is 9.93. The summed E-state index contributed by atoms with van der Waals surface area (Å²) in [6.07, 6.45) is 0.910. The van der Waals surface area contributed by atoms with Gasteiger partial charge in [-0.25, -0.2) is 8.78 Å². The zero-order chi connectivity index (χ0) is 34.0. The van der Waals surface area contributed by atoms with Crippen LogP contribution < -0.4 is 16.0 Å². The molecule has 0 aromatic heterocycles. The number of likely N-dealkylation sites (tertiary alicyclic amines) is 1. The highest BCUT2D eigenvalue weighted by Crippen LogP contribution is 2.30. The van der Waals surface area contributed by atoms with E-state index >= 15 is 0 Å². The third-order valence-electron chi connectivity index (χ3n) is 8.16. The number of nitrogens with zero attached hydrogens (tertiary/aromatic N) is 2. The molecule has 1 aliphatic heterocycles. The molecule has 47 heavy (non-hydrogen) atoms. The standard InChI is InChI=1S/C37H43F2N5O3/c1-4-33(35(46)42-22-25(2)3)41-23-31(17-26-11-6-5-7-12-26)43-34(45)29-18-28(32-14-9-8-13-27(32)21-40)19-30(20-29)36(47)44-16-10-15-37(38,39)24-44/h5-9,11-14,18-20,25,31,33,41H,4,10,15-17,22-24H2,1-3H3,(H,42,46)(H,43,45)/t31-,33-/m0/s1. The summed E-state index contributed by atoms with van der Waals surface area (Å²) < 4.78 is 28.5. The molecule has 0 spiro atoms. The van der Waals surface area contributed by atoms with Gasteiger partial charge in [0.2, 0.25) is 5.91 Å². The molecule has 248 valence electrons. The summed E-state index contributed by atoms with van der Waals surface area (Å²) in [5, 5.41) is 19.1. The first kappa shape index (κ1) is 35.2. The molecule has 8 nitrogen and oxygen atoms in total. The quantitative estimate of drug-likeness (QED) is 0.225. The van der Waals surface area contributed by atoms with Gasteiger partial charge >= 0.3 is 0 Å². The van der Waals surface area contributed by atoms with Gasteiger partial charge in [0, 0.05) is 43.2 Å². The summed E-state index contributed by atoms with van der Waals surface area (Å²) in [5.74, 6) is -3.87. The van der Waals surface area contributed by atoms with E-state index in [1.54, 1.807) is 36.4 Å². The molecule has 0 aliphatic carbocycles. The summed E-state index contributed by atoms with van der Waals surface area (Å²) in [6.45, 7) is 6.30. The normalized spacial score (nSPS) is 15.4. The fourth-order valence-corrected chi connectivity index (χ4v) is 5.67. The number of hydrogen-bond acceptors (Lipinski definition) is 5. The predicted molar refractivity (Wildman–Crippen MR) is 178 cm³/mol. The second kappa shape index (κ2) is 16.3. The minimum absolute atomic E-state index is 0.0868. The van der Waals surface area contributed by atoms with Crippen LogP contribution in [0.2, 0.25) is 0 Å². The van der Waals surface area contributed by atoms with Crippen molar-refractivity contribution in [2.45, 2.75) is 64.5 Å². The Kier molecular flexibility index (Phi) is 12.2. The van der Waals surface area contributed by atoms with Crippen LogP contribution in [0, 0.1) is 17.2 Å². The molecule has 3 aromatic rings. The van der Waals surface area contributed by atoms with E-state index in [0.29, 0.717) is 48.5 Å². The van der Waals surface area contributed by atoms with E-state index in [1.807, 2.05) is 51.1 Å². The minimum Gasteiger partial charge on any atom is -0.354 e. The molecule has 0 unspecified atom stereocenters. The Hall–Kier alpha value is -4.62. The van der Waals surface area contributed by atoms with Gasteiger partial charge in [0.25, 0.3) is 17.7 Å². The molecule has 1 aliphatic rings. The Morgan fingerprint density at radius 1 is 0.979 bits per heavy atom. The molecule has 2 atom stereocenters. The molecule has 1 saturated heterocycles. The summed E-state index contributed by atoms with van der Waals surface area (Å²) in [4.78, 5) is 41.5. The predicted octanol–water partition coefficient (Wildman–Crippen LogP) is 5.58. The highest BCUT2D eigenvalue weighted by atomic mass is 19.3. The average Bonchev–Trinajstić information content (AvgIpc) is 3.06. The Bertz CT molecular complexity index is 1590. The molecular formula is C37H43F2N5O3. The van der Waals surface area contributed by atoms with Crippen molar-refractivity contribution in [1.29, 1.82) is 5.26 Å². The molecule has 1 fully saturated rings. The lowest BCUT2D eigenvalue weighted by Crippen LogP contribution is -2.50. The zero-order valence-electron chi connectivity index (χ0n) is 27.2. The van der Waals surface area contributed by atoms with E-state index in [4.69, 9.17) is 0 Å². The summed E-state index contributed by atoms with van der Waals surface area (Å²) in [7, 11) is 0. The highest BCUT2D eigenvalue weighted by molar-refractivity contribution is 6.02. The molecular weight excluding hydrogens is 600 g/mol. The van der Waals surface area contributed by atoms with Crippen LogP contribution in [0.3, 0.4) is 0 Å².